The van der Waals surface area contributed by atoms with Gasteiger partial charge in [0, 0.05) is 24.2 Å². The number of thiazole rings is 1. The zero-order valence-electron chi connectivity index (χ0n) is 16.0. The largest absolute Gasteiger partial charge is 0.337 e. The molecule has 0 unspecified atom stereocenters. The first-order chi connectivity index (χ1) is 12.7. The predicted molar refractivity (Wildman–Crippen MR) is 107 cm³/mol. The summed E-state index contributed by atoms with van der Waals surface area (Å²) in [6.07, 6.45) is 0. The second kappa shape index (κ2) is 9.45. The maximum atomic E-state index is 12.9. The molecule has 1 aromatic heterocycles. The van der Waals surface area contributed by atoms with E-state index in [0.29, 0.717) is 41.4 Å². The van der Waals surface area contributed by atoms with Gasteiger partial charge in [0.1, 0.15) is 11.5 Å². The third kappa shape index (κ3) is 6.63. The lowest BCUT2D eigenvalue weighted by Gasteiger charge is -2.25. The topological polar surface area (TPSA) is 74.3 Å². The molecule has 2 N–H and O–H groups in total. The Balaban J connectivity index is 2.00. The average Bonchev–Trinajstić information content (AvgIpc) is 3.03. The van der Waals surface area contributed by atoms with Crippen molar-refractivity contribution in [3.8, 4) is 0 Å². The number of aromatic nitrogens is 1. The van der Waals surface area contributed by atoms with Crippen LogP contribution >= 0.6 is 11.3 Å². The molecule has 1 aromatic carbocycles. The number of rotatable bonds is 7. The number of anilines is 2. The van der Waals surface area contributed by atoms with Crippen molar-refractivity contribution >= 4 is 34.1 Å². The van der Waals surface area contributed by atoms with Gasteiger partial charge in [0.05, 0.1) is 0 Å². The van der Waals surface area contributed by atoms with Crippen molar-refractivity contribution in [1.29, 1.82) is 0 Å². The third-order valence-corrected chi connectivity index (χ3v) is 4.26. The summed E-state index contributed by atoms with van der Waals surface area (Å²) in [6.45, 7) is 9.57. The Morgan fingerprint density at radius 3 is 2.22 bits per heavy atom. The van der Waals surface area contributed by atoms with Crippen LogP contribution in [-0.2, 0) is 0 Å². The first-order valence-electron chi connectivity index (χ1n) is 8.83. The number of carbonyl (C=O) groups is 2. The molecule has 8 heteroatoms. The number of urea groups is 1. The molecule has 27 heavy (non-hydrogen) atoms. The minimum Gasteiger partial charge on any atom is -0.337 e. The van der Waals surface area contributed by atoms with E-state index in [1.807, 2.05) is 0 Å². The van der Waals surface area contributed by atoms with Crippen LogP contribution in [-0.4, -0.2) is 34.9 Å². The number of halogens is 1. The summed E-state index contributed by atoms with van der Waals surface area (Å²) < 4.78 is 12.9. The van der Waals surface area contributed by atoms with Crippen molar-refractivity contribution in [2.45, 2.75) is 27.7 Å². The van der Waals surface area contributed by atoms with Crippen molar-refractivity contribution in [3.63, 3.8) is 0 Å². The lowest BCUT2D eigenvalue weighted by Crippen LogP contribution is -2.37. The van der Waals surface area contributed by atoms with E-state index in [1.54, 1.807) is 10.3 Å². The molecule has 2 aromatic rings. The molecule has 0 aliphatic heterocycles. The molecule has 0 saturated heterocycles. The highest BCUT2D eigenvalue weighted by Gasteiger charge is 2.21. The quantitative estimate of drug-likeness (QED) is 0.718. The lowest BCUT2D eigenvalue weighted by atomic mass is 10.1. The van der Waals surface area contributed by atoms with Crippen molar-refractivity contribution in [2.24, 2.45) is 11.8 Å². The molecule has 0 fully saturated rings. The van der Waals surface area contributed by atoms with Crippen LogP contribution in [0.25, 0.3) is 0 Å². The second-order valence-electron chi connectivity index (χ2n) is 7.12. The number of benzene rings is 1. The summed E-state index contributed by atoms with van der Waals surface area (Å²) in [5.41, 5.74) is 0.778. The zero-order valence-corrected chi connectivity index (χ0v) is 16.8. The molecular weight excluding hydrogens is 367 g/mol. The Kier molecular flexibility index (Phi) is 7.29. The van der Waals surface area contributed by atoms with E-state index in [2.05, 4.69) is 43.3 Å². The highest BCUT2D eigenvalue weighted by atomic mass is 32.1. The number of amides is 3. The predicted octanol–water partition coefficient (Wildman–Crippen LogP) is 4.68. The molecule has 6 nitrogen and oxygen atoms in total. The summed E-state index contributed by atoms with van der Waals surface area (Å²) in [6, 6.07) is 4.93. The zero-order chi connectivity index (χ0) is 20.0. The van der Waals surface area contributed by atoms with E-state index in [-0.39, 0.29) is 11.7 Å². The van der Waals surface area contributed by atoms with Crippen LogP contribution in [0.1, 0.15) is 38.2 Å². The molecule has 0 bridgehead atoms. The van der Waals surface area contributed by atoms with Gasteiger partial charge in [-0.3, -0.25) is 10.1 Å². The van der Waals surface area contributed by atoms with Gasteiger partial charge >= 0.3 is 6.03 Å². The molecule has 146 valence electrons. The molecule has 0 atom stereocenters. The van der Waals surface area contributed by atoms with Crippen LogP contribution < -0.4 is 10.6 Å². The summed E-state index contributed by atoms with van der Waals surface area (Å²) >= 11 is 1.18. The molecule has 0 aliphatic rings. The Hall–Kier alpha value is -2.48. The number of nitrogens with one attached hydrogen (secondary N) is 2. The van der Waals surface area contributed by atoms with E-state index >= 15 is 0 Å². The van der Waals surface area contributed by atoms with Gasteiger partial charge in [0.2, 0.25) is 0 Å². The number of hydrogen-bond acceptors (Lipinski definition) is 4. The van der Waals surface area contributed by atoms with Gasteiger partial charge in [0.15, 0.2) is 5.13 Å². The SMILES string of the molecule is CC(C)CN(CC(C)C)C(=O)c1csc(NC(=O)Nc2ccc(F)cc2)n1. The Morgan fingerprint density at radius 2 is 1.67 bits per heavy atom. The van der Waals surface area contributed by atoms with E-state index in [9.17, 15) is 14.0 Å². The van der Waals surface area contributed by atoms with Crippen LogP contribution in [0.4, 0.5) is 20.0 Å². The monoisotopic (exact) mass is 392 g/mol. The summed E-state index contributed by atoms with van der Waals surface area (Å²) in [5, 5.41) is 7.15. The van der Waals surface area contributed by atoms with Gasteiger partial charge in [-0.2, -0.15) is 0 Å². The Morgan fingerprint density at radius 1 is 1.07 bits per heavy atom. The van der Waals surface area contributed by atoms with Gasteiger partial charge in [-0.15, -0.1) is 11.3 Å². The molecule has 3 amide bonds. The molecule has 2 rings (SSSR count). The van der Waals surface area contributed by atoms with Crippen LogP contribution in [0.2, 0.25) is 0 Å². The fraction of sp³-hybridized carbons (Fsp3) is 0.421. The molecule has 0 radical (unpaired) electrons. The van der Waals surface area contributed by atoms with E-state index in [0.717, 1.165) is 0 Å². The molecular formula is C19H25FN4O2S. The standard InChI is InChI=1S/C19H25FN4O2S/c1-12(2)9-24(10-13(3)4)17(25)16-11-27-19(22-16)23-18(26)21-15-7-5-14(20)6-8-15/h5-8,11-13H,9-10H2,1-4H3,(H2,21,22,23,26). The molecule has 0 saturated carbocycles. The first-order valence-corrected chi connectivity index (χ1v) is 9.71. The Labute approximate surface area is 162 Å². The third-order valence-electron chi connectivity index (χ3n) is 3.50. The number of nitrogens with zero attached hydrogens (tertiary/aromatic N) is 2. The van der Waals surface area contributed by atoms with E-state index < -0.39 is 6.03 Å². The average molecular weight is 393 g/mol. The summed E-state index contributed by atoms with van der Waals surface area (Å²) in [7, 11) is 0. The van der Waals surface area contributed by atoms with Gasteiger partial charge in [0.25, 0.3) is 5.91 Å². The maximum absolute atomic E-state index is 12.9. The molecule has 1 heterocycles. The van der Waals surface area contributed by atoms with Crippen LogP contribution in [0, 0.1) is 17.7 Å². The highest BCUT2D eigenvalue weighted by Crippen LogP contribution is 2.19. The number of carbonyl (C=O) groups excluding carboxylic acids is 2. The second-order valence-corrected chi connectivity index (χ2v) is 7.98. The van der Waals surface area contributed by atoms with E-state index in [4.69, 9.17) is 0 Å². The van der Waals surface area contributed by atoms with Crippen LogP contribution in [0.5, 0.6) is 0 Å². The summed E-state index contributed by atoms with van der Waals surface area (Å²) in [4.78, 5) is 30.8. The minimum atomic E-state index is -0.504. The fourth-order valence-corrected chi connectivity index (χ4v) is 3.19. The maximum Gasteiger partial charge on any atom is 0.325 e. The van der Waals surface area contributed by atoms with Gasteiger partial charge in [-0.05, 0) is 36.1 Å². The highest BCUT2D eigenvalue weighted by molar-refractivity contribution is 7.14. The van der Waals surface area contributed by atoms with Crippen molar-refractivity contribution < 1.29 is 14.0 Å². The van der Waals surface area contributed by atoms with Gasteiger partial charge < -0.3 is 10.2 Å². The molecule has 0 aliphatic carbocycles. The van der Waals surface area contributed by atoms with E-state index in [1.165, 1.54) is 35.6 Å². The van der Waals surface area contributed by atoms with Crippen molar-refractivity contribution in [2.75, 3.05) is 23.7 Å². The molecule has 0 spiro atoms. The van der Waals surface area contributed by atoms with Gasteiger partial charge in [-0.25, -0.2) is 14.2 Å². The Bertz CT molecular complexity index is 764. The smallest absolute Gasteiger partial charge is 0.325 e. The summed E-state index contributed by atoms with van der Waals surface area (Å²) in [5.74, 6) is 0.188. The normalized spacial score (nSPS) is 10.9. The number of hydrogen-bond donors (Lipinski definition) is 2. The van der Waals surface area contributed by atoms with Crippen LogP contribution in [0.3, 0.4) is 0 Å². The fourth-order valence-electron chi connectivity index (χ4n) is 2.51. The van der Waals surface area contributed by atoms with Gasteiger partial charge in [-0.1, -0.05) is 27.7 Å². The first kappa shape index (κ1) is 20.8. The van der Waals surface area contributed by atoms with Crippen LogP contribution in [0.15, 0.2) is 29.6 Å². The van der Waals surface area contributed by atoms with Crippen molar-refractivity contribution in [3.05, 3.63) is 41.2 Å². The lowest BCUT2D eigenvalue weighted by molar-refractivity contribution is 0.0710. The minimum absolute atomic E-state index is 0.138. The van der Waals surface area contributed by atoms with Crippen molar-refractivity contribution in [1.82, 2.24) is 9.88 Å².